The van der Waals surface area contributed by atoms with Gasteiger partial charge in [0.1, 0.15) is 0 Å². The fourth-order valence-electron chi connectivity index (χ4n) is 2.66. The Kier molecular flexibility index (Phi) is 6.81. The van der Waals surface area contributed by atoms with Crippen molar-refractivity contribution in [2.24, 2.45) is 5.92 Å². The van der Waals surface area contributed by atoms with Crippen LogP contribution in [0.25, 0.3) is 0 Å². The van der Waals surface area contributed by atoms with Gasteiger partial charge in [0, 0.05) is 12.7 Å². The molecule has 0 saturated heterocycles. The van der Waals surface area contributed by atoms with E-state index >= 15 is 0 Å². The molecule has 2 rings (SSSR count). The summed E-state index contributed by atoms with van der Waals surface area (Å²) in [5.41, 5.74) is 1.77. The number of rotatable bonds is 8. The van der Waals surface area contributed by atoms with E-state index in [1.807, 2.05) is 44.2 Å². The quantitative estimate of drug-likeness (QED) is 0.696. The third-order valence-electron chi connectivity index (χ3n) is 4.14. The molecule has 6 nitrogen and oxygen atoms in total. The molecule has 0 bridgehead atoms. The van der Waals surface area contributed by atoms with Gasteiger partial charge in [0.2, 0.25) is 0 Å². The molecule has 3 N–H and O–H groups in total. The van der Waals surface area contributed by atoms with Gasteiger partial charge in [-0.05, 0) is 11.5 Å². The van der Waals surface area contributed by atoms with E-state index in [-0.39, 0.29) is 18.5 Å². The lowest BCUT2D eigenvalue weighted by atomic mass is 9.97. The van der Waals surface area contributed by atoms with Crippen LogP contribution in [0.4, 0.5) is 10.5 Å². The Balaban J connectivity index is 1.80. The van der Waals surface area contributed by atoms with E-state index < -0.39 is 6.10 Å². The molecule has 1 unspecified atom stereocenters. The molecule has 1 aromatic carbocycles. The van der Waals surface area contributed by atoms with E-state index in [2.05, 4.69) is 15.7 Å². The largest absolute Gasteiger partial charge is 0.391 e. The van der Waals surface area contributed by atoms with Crippen molar-refractivity contribution in [1.29, 1.82) is 0 Å². The minimum Gasteiger partial charge on any atom is -0.391 e. The van der Waals surface area contributed by atoms with Gasteiger partial charge in [-0.3, -0.25) is 4.68 Å². The summed E-state index contributed by atoms with van der Waals surface area (Å²) in [6, 6.07) is 9.66. The molecule has 0 radical (unpaired) electrons. The number of hydrogen-bond acceptors (Lipinski definition) is 3. The molecule has 6 heteroatoms. The average Bonchev–Trinajstić information content (AvgIpc) is 3.02. The van der Waals surface area contributed by atoms with Gasteiger partial charge in [0.25, 0.3) is 0 Å². The number of carbonyl (C=O) groups excluding carboxylic acids is 1. The lowest BCUT2D eigenvalue weighted by Gasteiger charge is -2.20. The Morgan fingerprint density at radius 1 is 1.25 bits per heavy atom. The zero-order chi connectivity index (χ0) is 17.4. The summed E-state index contributed by atoms with van der Waals surface area (Å²) >= 11 is 0. The van der Waals surface area contributed by atoms with E-state index in [0.29, 0.717) is 12.2 Å². The second-order valence-electron chi connectivity index (χ2n) is 5.89. The van der Waals surface area contributed by atoms with Crippen molar-refractivity contribution in [2.45, 2.75) is 39.3 Å². The highest BCUT2D eigenvalue weighted by atomic mass is 16.3. The first-order valence-electron chi connectivity index (χ1n) is 8.41. The lowest BCUT2D eigenvalue weighted by Crippen LogP contribution is -2.38. The number of anilines is 1. The molecule has 24 heavy (non-hydrogen) atoms. The van der Waals surface area contributed by atoms with Crippen LogP contribution in [0, 0.1) is 5.92 Å². The number of nitrogens with zero attached hydrogens (tertiary/aromatic N) is 2. The fraction of sp³-hybridized carbons (Fsp3) is 0.444. The first kappa shape index (κ1) is 18.0. The van der Waals surface area contributed by atoms with Gasteiger partial charge < -0.3 is 15.7 Å². The first-order chi connectivity index (χ1) is 11.6. The third-order valence-corrected chi connectivity index (χ3v) is 4.14. The number of aliphatic hydroxyl groups excluding tert-OH is 1. The molecule has 1 aromatic heterocycles. The monoisotopic (exact) mass is 330 g/mol. The minimum atomic E-state index is -0.522. The molecule has 0 saturated carbocycles. The highest BCUT2D eigenvalue weighted by molar-refractivity contribution is 5.88. The number of nitrogens with one attached hydrogen (secondary N) is 2. The standard InChI is InChI=1S/C18H26N4O2/c1-3-15(4-2)17(23)11-19-18(24)21-16-10-20-22(13-16)12-14-8-6-5-7-9-14/h5-10,13,15,17,23H,3-4,11-12H2,1-2H3,(H2,19,21,24). The molecule has 0 fully saturated rings. The molecular formula is C18H26N4O2. The van der Waals surface area contributed by atoms with E-state index in [4.69, 9.17) is 0 Å². The second-order valence-corrected chi connectivity index (χ2v) is 5.89. The summed E-state index contributed by atoms with van der Waals surface area (Å²) in [5.74, 6) is 0.207. The first-order valence-corrected chi connectivity index (χ1v) is 8.41. The van der Waals surface area contributed by atoms with Crippen LogP contribution < -0.4 is 10.6 Å². The van der Waals surface area contributed by atoms with Crippen LogP contribution in [0.2, 0.25) is 0 Å². The number of aromatic nitrogens is 2. The number of amides is 2. The molecular weight excluding hydrogens is 304 g/mol. The van der Waals surface area contributed by atoms with Crippen LogP contribution >= 0.6 is 0 Å². The Morgan fingerprint density at radius 2 is 1.96 bits per heavy atom. The maximum Gasteiger partial charge on any atom is 0.319 e. The Bertz CT molecular complexity index is 623. The summed E-state index contributed by atoms with van der Waals surface area (Å²) < 4.78 is 1.77. The maximum absolute atomic E-state index is 11.9. The van der Waals surface area contributed by atoms with Crippen LogP contribution in [0.15, 0.2) is 42.7 Å². The highest BCUT2D eigenvalue weighted by Gasteiger charge is 2.16. The van der Waals surface area contributed by atoms with Crippen LogP contribution in [0.5, 0.6) is 0 Å². The van der Waals surface area contributed by atoms with Gasteiger partial charge in [0.15, 0.2) is 0 Å². The molecule has 130 valence electrons. The smallest absolute Gasteiger partial charge is 0.319 e. The lowest BCUT2D eigenvalue weighted by molar-refractivity contribution is 0.104. The van der Waals surface area contributed by atoms with Gasteiger partial charge in [0.05, 0.1) is 24.5 Å². The summed E-state index contributed by atoms with van der Waals surface area (Å²) in [5, 5.41) is 19.7. The van der Waals surface area contributed by atoms with Gasteiger partial charge in [-0.25, -0.2) is 4.79 Å². The van der Waals surface area contributed by atoms with E-state index in [1.165, 1.54) is 0 Å². The van der Waals surface area contributed by atoms with Crippen molar-refractivity contribution in [3.63, 3.8) is 0 Å². The molecule has 1 atom stereocenters. The topological polar surface area (TPSA) is 79.2 Å². The Labute approximate surface area is 142 Å². The summed E-state index contributed by atoms with van der Waals surface area (Å²) in [4.78, 5) is 11.9. The second kappa shape index (κ2) is 9.08. The normalized spacial score (nSPS) is 12.2. The Morgan fingerprint density at radius 3 is 2.62 bits per heavy atom. The van der Waals surface area contributed by atoms with Crippen LogP contribution in [0.1, 0.15) is 32.3 Å². The summed E-state index contributed by atoms with van der Waals surface area (Å²) in [7, 11) is 0. The van der Waals surface area contributed by atoms with Crippen LogP contribution in [-0.4, -0.2) is 33.6 Å². The predicted octanol–water partition coefficient (Wildman–Crippen LogP) is 2.85. The van der Waals surface area contributed by atoms with E-state index in [1.54, 1.807) is 17.1 Å². The summed E-state index contributed by atoms with van der Waals surface area (Å²) in [6.07, 6.45) is 4.66. The van der Waals surface area contributed by atoms with Gasteiger partial charge in [-0.1, -0.05) is 57.0 Å². The predicted molar refractivity (Wildman–Crippen MR) is 94.9 cm³/mol. The van der Waals surface area contributed by atoms with E-state index in [9.17, 15) is 9.90 Å². The van der Waals surface area contributed by atoms with Crippen molar-refractivity contribution in [1.82, 2.24) is 15.1 Å². The van der Waals surface area contributed by atoms with Crippen molar-refractivity contribution in [3.05, 3.63) is 48.3 Å². The summed E-state index contributed by atoms with van der Waals surface area (Å²) in [6.45, 7) is 4.98. The number of carbonyl (C=O) groups is 1. The average molecular weight is 330 g/mol. The zero-order valence-corrected chi connectivity index (χ0v) is 14.3. The number of benzene rings is 1. The Hall–Kier alpha value is -2.34. The number of aliphatic hydroxyl groups is 1. The van der Waals surface area contributed by atoms with Crippen molar-refractivity contribution in [2.75, 3.05) is 11.9 Å². The number of urea groups is 1. The third kappa shape index (κ3) is 5.38. The van der Waals surface area contributed by atoms with Crippen LogP contribution in [-0.2, 0) is 6.54 Å². The SMILES string of the molecule is CCC(CC)C(O)CNC(=O)Nc1cnn(Cc2ccccc2)c1. The molecule has 0 aliphatic rings. The fourth-order valence-corrected chi connectivity index (χ4v) is 2.66. The molecule has 0 spiro atoms. The molecule has 1 heterocycles. The van der Waals surface area contributed by atoms with Crippen LogP contribution in [0.3, 0.4) is 0 Å². The van der Waals surface area contributed by atoms with Gasteiger partial charge in [-0.2, -0.15) is 5.10 Å². The van der Waals surface area contributed by atoms with E-state index in [0.717, 1.165) is 18.4 Å². The molecule has 2 aromatic rings. The van der Waals surface area contributed by atoms with Crippen molar-refractivity contribution < 1.29 is 9.90 Å². The highest BCUT2D eigenvalue weighted by Crippen LogP contribution is 2.12. The maximum atomic E-state index is 11.9. The number of hydrogen-bond donors (Lipinski definition) is 3. The molecule has 0 aliphatic carbocycles. The van der Waals surface area contributed by atoms with Gasteiger partial charge in [-0.15, -0.1) is 0 Å². The molecule has 2 amide bonds. The zero-order valence-electron chi connectivity index (χ0n) is 14.3. The minimum absolute atomic E-state index is 0.207. The van der Waals surface area contributed by atoms with Gasteiger partial charge >= 0.3 is 6.03 Å². The molecule has 0 aliphatic heterocycles. The van der Waals surface area contributed by atoms with Crippen molar-refractivity contribution in [3.8, 4) is 0 Å². The van der Waals surface area contributed by atoms with Crippen molar-refractivity contribution >= 4 is 11.7 Å².